The fraction of sp³-hybridized carbons (Fsp3) is 0.556. The second-order valence-corrected chi connectivity index (χ2v) is 4.04. The van der Waals surface area contributed by atoms with Crippen molar-refractivity contribution < 1.29 is 14.9 Å². The standard InChI is InChI=1S/C9H11N5O4/c15-2-5-4(16)1-6(18-5)14-12-7-8(13-14)10-3-11-9(7)17/h3-6,15-16H,1-2H2,(H,10,11,13,17)/t4-,5+,6+/m0/s1. The number of aromatic nitrogens is 5. The summed E-state index contributed by atoms with van der Waals surface area (Å²) in [6.45, 7) is -0.280. The van der Waals surface area contributed by atoms with E-state index in [0.717, 1.165) is 0 Å². The highest BCUT2D eigenvalue weighted by Crippen LogP contribution is 2.27. The van der Waals surface area contributed by atoms with Crippen LogP contribution in [0.15, 0.2) is 11.1 Å². The predicted octanol–water partition coefficient (Wildman–Crippen LogP) is -1.84. The number of rotatable bonds is 2. The van der Waals surface area contributed by atoms with E-state index in [4.69, 9.17) is 9.84 Å². The highest BCUT2D eigenvalue weighted by atomic mass is 16.5. The average Bonchev–Trinajstić information content (AvgIpc) is 2.93. The molecule has 0 unspecified atom stereocenters. The van der Waals surface area contributed by atoms with Crippen LogP contribution in [0.5, 0.6) is 0 Å². The molecule has 96 valence electrons. The predicted molar refractivity (Wildman–Crippen MR) is 57.6 cm³/mol. The Morgan fingerprint density at radius 1 is 1.56 bits per heavy atom. The maximum Gasteiger partial charge on any atom is 0.280 e. The zero-order chi connectivity index (χ0) is 12.7. The van der Waals surface area contributed by atoms with Gasteiger partial charge in [-0.1, -0.05) is 0 Å². The van der Waals surface area contributed by atoms with Crippen LogP contribution in [0.4, 0.5) is 0 Å². The van der Waals surface area contributed by atoms with Crippen LogP contribution in [0.25, 0.3) is 11.2 Å². The summed E-state index contributed by atoms with van der Waals surface area (Å²) in [6.07, 6.45) is -0.546. The summed E-state index contributed by atoms with van der Waals surface area (Å²) in [4.78, 5) is 18.9. The first-order valence-electron chi connectivity index (χ1n) is 5.43. The third-order valence-corrected chi connectivity index (χ3v) is 2.85. The van der Waals surface area contributed by atoms with Crippen molar-refractivity contribution in [3.05, 3.63) is 16.7 Å². The molecule has 3 N–H and O–H groups in total. The van der Waals surface area contributed by atoms with Crippen LogP contribution >= 0.6 is 0 Å². The van der Waals surface area contributed by atoms with Gasteiger partial charge in [0.1, 0.15) is 6.10 Å². The number of hydrogen-bond donors (Lipinski definition) is 3. The molecular formula is C9H11N5O4. The monoisotopic (exact) mass is 253 g/mol. The van der Waals surface area contributed by atoms with Crippen LogP contribution in [-0.2, 0) is 4.74 Å². The van der Waals surface area contributed by atoms with Crippen molar-refractivity contribution in [3.8, 4) is 0 Å². The number of fused-ring (bicyclic) bond motifs is 1. The summed E-state index contributed by atoms with van der Waals surface area (Å²) in [5, 5.41) is 26.6. The first-order chi connectivity index (χ1) is 8.69. The molecular weight excluding hydrogens is 242 g/mol. The lowest BCUT2D eigenvalue weighted by molar-refractivity contribution is -0.0529. The number of aliphatic hydroxyl groups excluding tert-OH is 2. The normalized spacial score (nSPS) is 28.0. The molecule has 2 aromatic rings. The summed E-state index contributed by atoms with van der Waals surface area (Å²) < 4.78 is 5.38. The van der Waals surface area contributed by atoms with E-state index in [9.17, 15) is 9.90 Å². The van der Waals surface area contributed by atoms with E-state index in [1.807, 2.05) is 0 Å². The summed E-state index contributed by atoms with van der Waals surface area (Å²) in [5.41, 5.74) is -0.0594. The molecule has 0 aromatic carbocycles. The summed E-state index contributed by atoms with van der Waals surface area (Å²) in [5.74, 6) is 0. The van der Waals surface area contributed by atoms with E-state index in [2.05, 4.69) is 20.2 Å². The largest absolute Gasteiger partial charge is 0.394 e. The van der Waals surface area contributed by atoms with Gasteiger partial charge in [-0.25, -0.2) is 4.98 Å². The quantitative estimate of drug-likeness (QED) is 0.573. The van der Waals surface area contributed by atoms with Crippen LogP contribution in [0, 0.1) is 0 Å². The van der Waals surface area contributed by atoms with Gasteiger partial charge in [-0.15, -0.1) is 10.2 Å². The van der Waals surface area contributed by atoms with E-state index >= 15 is 0 Å². The Kier molecular flexibility index (Phi) is 2.58. The smallest absolute Gasteiger partial charge is 0.280 e. The Morgan fingerprint density at radius 2 is 2.39 bits per heavy atom. The summed E-state index contributed by atoms with van der Waals surface area (Å²) in [7, 11) is 0. The van der Waals surface area contributed by atoms with Crippen LogP contribution in [0.1, 0.15) is 12.6 Å². The number of nitrogens with zero attached hydrogens (tertiary/aromatic N) is 4. The highest BCUT2D eigenvalue weighted by molar-refractivity contribution is 5.66. The first kappa shape index (κ1) is 11.3. The van der Waals surface area contributed by atoms with Crippen molar-refractivity contribution >= 4 is 11.2 Å². The molecule has 3 rings (SSSR count). The molecule has 9 nitrogen and oxygen atoms in total. The minimum Gasteiger partial charge on any atom is -0.394 e. The van der Waals surface area contributed by atoms with Crippen molar-refractivity contribution in [1.29, 1.82) is 0 Å². The number of aromatic amines is 1. The molecule has 9 heteroatoms. The van der Waals surface area contributed by atoms with E-state index in [1.54, 1.807) is 0 Å². The van der Waals surface area contributed by atoms with Gasteiger partial charge in [-0.2, -0.15) is 4.80 Å². The van der Waals surface area contributed by atoms with Gasteiger partial charge in [0.05, 0.1) is 19.0 Å². The van der Waals surface area contributed by atoms with Crippen molar-refractivity contribution in [1.82, 2.24) is 25.0 Å². The number of hydrogen-bond acceptors (Lipinski definition) is 7. The molecule has 0 amide bonds. The topological polar surface area (TPSA) is 126 Å². The zero-order valence-corrected chi connectivity index (χ0v) is 9.22. The fourth-order valence-electron chi connectivity index (χ4n) is 1.92. The Labute approximate surface area is 100 Å². The summed E-state index contributed by atoms with van der Waals surface area (Å²) >= 11 is 0. The van der Waals surface area contributed by atoms with Crippen molar-refractivity contribution in [2.24, 2.45) is 0 Å². The van der Waals surface area contributed by atoms with Gasteiger partial charge < -0.3 is 19.9 Å². The van der Waals surface area contributed by atoms with E-state index in [-0.39, 0.29) is 29.8 Å². The minimum absolute atomic E-state index is 0.114. The first-order valence-corrected chi connectivity index (χ1v) is 5.43. The van der Waals surface area contributed by atoms with Crippen LogP contribution in [-0.4, -0.2) is 54.0 Å². The molecule has 0 radical (unpaired) electrons. The Hall–Kier alpha value is -1.84. The zero-order valence-electron chi connectivity index (χ0n) is 9.22. The van der Waals surface area contributed by atoms with Gasteiger partial charge in [-0.3, -0.25) is 4.79 Å². The van der Waals surface area contributed by atoms with Crippen LogP contribution in [0.2, 0.25) is 0 Å². The number of nitrogens with one attached hydrogen (secondary N) is 1. The Bertz CT molecular complexity index is 623. The maximum atomic E-state index is 11.5. The van der Waals surface area contributed by atoms with Gasteiger partial charge in [0.25, 0.3) is 5.56 Å². The van der Waals surface area contributed by atoms with Crippen molar-refractivity contribution in [2.75, 3.05) is 6.61 Å². The Morgan fingerprint density at radius 3 is 3.06 bits per heavy atom. The van der Waals surface area contributed by atoms with Gasteiger partial charge in [-0.05, 0) is 0 Å². The molecule has 2 aromatic heterocycles. The highest BCUT2D eigenvalue weighted by Gasteiger charge is 2.35. The lowest BCUT2D eigenvalue weighted by Gasteiger charge is -2.10. The Balaban J connectivity index is 1.96. The maximum absolute atomic E-state index is 11.5. The number of aliphatic hydroxyl groups is 2. The molecule has 1 aliphatic rings. The molecule has 0 saturated carbocycles. The lowest BCUT2D eigenvalue weighted by atomic mass is 10.2. The number of H-pyrrole nitrogens is 1. The molecule has 1 aliphatic heterocycles. The second kappa shape index (κ2) is 4.12. The molecule has 0 bridgehead atoms. The van der Waals surface area contributed by atoms with E-state index < -0.39 is 18.4 Å². The summed E-state index contributed by atoms with van der Waals surface area (Å²) in [6, 6.07) is 0. The molecule has 1 saturated heterocycles. The van der Waals surface area contributed by atoms with Crippen LogP contribution < -0.4 is 5.56 Å². The molecule has 3 atom stereocenters. The van der Waals surface area contributed by atoms with Crippen LogP contribution in [0.3, 0.4) is 0 Å². The molecule has 3 heterocycles. The minimum atomic E-state index is -0.777. The SMILES string of the molecule is O=c1[nH]cnc2nn([C@H]3C[C@H](O)[C@@H](CO)O3)nc12. The molecule has 0 spiro atoms. The van der Waals surface area contributed by atoms with Gasteiger partial charge in [0.2, 0.25) is 5.65 Å². The van der Waals surface area contributed by atoms with Gasteiger partial charge in [0.15, 0.2) is 11.7 Å². The van der Waals surface area contributed by atoms with Crippen molar-refractivity contribution in [2.45, 2.75) is 24.9 Å². The lowest BCUT2D eigenvalue weighted by Crippen LogP contribution is -2.24. The molecule has 1 fully saturated rings. The third-order valence-electron chi connectivity index (χ3n) is 2.85. The van der Waals surface area contributed by atoms with E-state index in [1.165, 1.54) is 11.1 Å². The van der Waals surface area contributed by atoms with Gasteiger partial charge >= 0.3 is 0 Å². The molecule has 18 heavy (non-hydrogen) atoms. The number of ether oxygens (including phenoxy) is 1. The van der Waals surface area contributed by atoms with E-state index in [0.29, 0.717) is 0 Å². The van der Waals surface area contributed by atoms with Crippen molar-refractivity contribution in [3.63, 3.8) is 0 Å². The van der Waals surface area contributed by atoms with Gasteiger partial charge in [0, 0.05) is 6.42 Å². The molecule has 0 aliphatic carbocycles. The second-order valence-electron chi connectivity index (χ2n) is 4.04. The fourth-order valence-corrected chi connectivity index (χ4v) is 1.92. The average molecular weight is 253 g/mol. The third kappa shape index (κ3) is 1.68.